The Morgan fingerprint density at radius 2 is 0.962 bits per heavy atom. The molecule has 0 fully saturated rings. The van der Waals surface area contributed by atoms with Crippen molar-refractivity contribution in [3.63, 3.8) is 0 Å². The van der Waals surface area contributed by atoms with Crippen molar-refractivity contribution in [3.8, 4) is 44.6 Å². The maximum absolute atomic E-state index is 5.15. The average Bonchev–Trinajstić information content (AvgIpc) is 3.69. The van der Waals surface area contributed by atoms with Crippen LogP contribution in [0.15, 0.2) is 182 Å². The second-order valence-corrected chi connectivity index (χ2v) is 14.5. The Bertz CT molecular complexity index is 3130. The summed E-state index contributed by atoms with van der Waals surface area (Å²) in [6, 6.07) is 65.0. The van der Waals surface area contributed by atoms with Crippen LogP contribution < -0.4 is 0 Å². The molecule has 0 N–H and O–H groups in total. The maximum Gasteiger partial charge on any atom is 0.0972 e. The summed E-state index contributed by atoms with van der Waals surface area (Å²) in [6.45, 7) is 0. The zero-order valence-electron chi connectivity index (χ0n) is 28.7. The summed E-state index contributed by atoms with van der Waals surface area (Å²) in [6.07, 6.45) is 1.85. The van der Waals surface area contributed by atoms with Crippen molar-refractivity contribution in [2.75, 3.05) is 0 Å². The summed E-state index contributed by atoms with van der Waals surface area (Å²) in [5.41, 5.74) is 16.6. The van der Waals surface area contributed by atoms with Crippen LogP contribution in [0.2, 0.25) is 0 Å². The Morgan fingerprint density at radius 3 is 1.74 bits per heavy atom. The van der Waals surface area contributed by atoms with Gasteiger partial charge < -0.3 is 0 Å². The van der Waals surface area contributed by atoms with Gasteiger partial charge in [-0.25, -0.2) is 4.98 Å². The van der Waals surface area contributed by atoms with Crippen molar-refractivity contribution in [2.45, 2.75) is 5.41 Å². The molecule has 1 spiro atoms. The van der Waals surface area contributed by atoms with Crippen LogP contribution in [0.3, 0.4) is 0 Å². The molecule has 10 aromatic rings. The fourth-order valence-corrected chi connectivity index (χ4v) is 9.62. The summed E-state index contributed by atoms with van der Waals surface area (Å²) in [7, 11) is 0. The number of fused-ring (bicyclic) bond motifs is 16. The Balaban J connectivity index is 1.11. The van der Waals surface area contributed by atoms with Crippen molar-refractivity contribution < 1.29 is 0 Å². The van der Waals surface area contributed by atoms with Gasteiger partial charge in [-0.1, -0.05) is 146 Å². The number of aromatic nitrogens is 2. The van der Waals surface area contributed by atoms with Gasteiger partial charge in [0.1, 0.15) is 0 Å². The molecule has 2 aliphatic carbocycles. The highest BCUT2D eigenvalue weighted by atomic mass is 14.7. The van der Waals surface area contributed by atoms with Gasteiger partial charge in [-0.15, -0.1) is 0 Å². The summed E-state index contributed by atoms with van der Waals surface area (Å²) in [5.74, 6) is 0. The highest BCUT2D eigenvalue weighted by Crippen LogP contribution is 2.64. The Labute approximate surface area is 306 Å². The Morgan fingerprint density at radius 1 is 0.358 bits per heavy atom. The first-order chi connectivity index (χ1) is 26.3. The van der Waals surface area contributed by atoms with Gasteiger partial charge in [0.05, 0.1) is 22.1 Å². The largest absolute Gasteiger partial charge is 0.254 e. The number of rotatable bonds is 2. The van der Waals surface area contributed by atoms with E-state index in [1.54, 1.807) is 0 Å². The molecular formula is C51H30N2. The van der Waals surface area contributed by atoms with Gasteiger partial charge in [0.25, 0.3) is 0 Å². The zero-order chi connectivity index (χ0) is 34.7. The number of nitrogens with zero attached hydrogens (tertiary/aromatic N) is 2. The van der Waals surface area contributed by atoms with E-state index in [9.17, 15) is 0 Å². The summed E-state index contributed by atoms with van der Waals surface area (Å²) in [4.78, 5) is 9.83. The number of benzene rings is 8. The second kappa shape index (κ2) is 10.6. The maximum atomic E-state index is 5.15. The minimum Gasteiger partial charge on any atom is -0.254 e. The lowest BCUT2D eigenvalue weighted by Crippen LogP contribution is -2.26. The molecule has 2 heterocycles. The first kappa shape index (κ1) is 28.8. The van der Waals surface area contributed by atoms with Crippen LogP contribution in [0.4, 0.5) is 0 Å². The minimum absolute atomic E-state index is 0.438. The molecule has 0 bridgehead atoms. The average molecular weight is 671 g/mol. The van der Waals surface area contributed by atoms with Gasteiger partial charge >= 0.3 is 0 Å². The van der Waals surface area contributed by atoms with E-state index in [0.29, 0.717) is 0 Å². The quantitative estimate of drug-likeness (QED) is 0.171. The lowest BCUT2D eigenvalue weighted by Gasteiger charge is -2.31. The van der Waals surface area contributed by atoms with E-state index in [2.05, 4.69) is 175 Å². The van der Waals surface area contributed by atoms with E-state index in [0.717, 1.165) is 33.1 Å². The van der Waals surface area contributed by atoms with Crippen molar-refractivity contribution in [1.82, 2.24) is 9.97 Å². The van der Waals surface area contributed by atoms with Crippen LogP contribution in [0, 0.1) is 0 Å². The molecule has 0 unspecified atom stereocenters. The van der Waals surface area contributed by atoms with E-state index in [4.69, 9.17) is 4.98 Å². The van der Waals surface area contributed by atoms with Gasteiger partial charge in [-0.3, -0.25) is 4.98 Å². The molecule has 53 heavy (non-hydrogen) atoms. The van der Waals surface area contributed by atoms with Crippen molar-refractivity contribution >= 4 is 43.4 Å². The van der Waals surface area contributed by atoms with Crippen LogP contribution >= 0.6 is 0 Å². The van der Waals surface area contributed by atoms with Gasteiger partial charge in [0.15, 0.2) is 0 Å². The molecular weight excluding hydrogens is 641 g/mol. The molecule has 8 aromatic carbocycles. The monoisotopic (exact) mass is 670 g/mol. The topological polar surface area (TPSA) is 25.8 Å². The first-order valence-corrected chi connectivity index (χ1v) is 18.3. The molecule has 0 aliphatic heterocycles. The van der Waals surface area contributed by atoms with Gasteiger partial charge in [0.2, 0.25) is 0 Å². The molecule has 0 radical (unpaired) electrons. The van der Waals surface area contributed by atoms with E-state index in [1.165, 1.54) is 77.2 Å². The minimum atomic E-state index is -0.438. The third kappa shape index (κ3) is 3.82. The van der Waals surface area contributed by atoms with Crippen LogP contribution in [0.1, 0.15) is 22.3 Å². The van der Waals surface area contributed by atoms with Crippen molar-refractivity contribution in [3.05, 3.63) is 204 Å². The molecule has 2 heteroatoms. The molecule has 0 saturated heterocycles. The molecule has 2 aromatic heterocycles. The van der Waals surface area contributed by atoms with Crippen LogP contribution in [0.25, 0.3) is 88.0 Å². The molecule has 0 saturated carbocycles. The van der Waals surface area contributed by atoms with E-state index in [1.807, 2.05) is 12.3 Å². The second-order valence-electron chi connectivity index (χ2n) is 14.5. The van der Waals surface area contributed by atoms with E-state index < -0.39 is 5.41 Å². The number of pyridine rings is 2. The molecule has 2 nitrogen and oxygen atoms in total. The smallest absolute Gasteiger partial charge is 0.0972 e. The predicted octanol–water partition coefficient (Wildman–Crippen LogP) is 12.8. The predicted molar refractivity (Wildman–Crippen MR) is 219 cm³/mol. The number of hydrogen-bond acceptors (Lipinski definition) is 2. The van der Waals surface area contributed by atoms with Gasteiger partial charge in [0, 0.05) is 22.5 Å². The van der Waals surface area contributed by atoms with E-state index >= 15 is 0 Å². The lowest BCUT2D eigenvalue weighted by atomic mass is 9.69. The molecule has 0 atom stereocenters. The van der Waals surface area contributed by atoms with Gasteiger partial charge in [-0.05, 0) is 108 Å². The number of hydrogen-bond donors (Lipinski definition) is 0. The fourth-order valence-electron chi connectivity index (χ4n) is 9.62. The SMILES string of the molecule is c1ccc2c(c1)-c1ccccc1C21c2cc3ccccc3cc2-c2c1cc(-c1ccc(-c3ccc4ccc5cccnc5c4n3)cc1)c1ccccc21. The van der Waals surface area contributed by atoms with Crippen LogP contribution in [-0.2, 0) is 5.41 Å². The van der Waals surface area contributed by atoms with Crippen LogP contribution in [0.5, 0.6) is 0 Å². The van der Waals surface area contributed by atoms with Crippen LogP contribution in [-0.4, -0.2) is 9.97 Å². The Kier molecular flexibility index (Phi) is 5.73. The highest BCUT2D eigenvalue weighted by molar-refractivity contribution is 6.13. The summed E-state index contributed by atoms with van der Waals surface area (Å²) in [5, 5.41) is 7.28. The summed E-state index contributed by atoms with van der Waals surface area (Å²) >= 11 is 0. The molecule has 0 amide bonds. The third-order valence-corrected chi connectivity index (χ3v) is 11.9. The van der Waals surface area contributed by atoms with Crippen molar-refractivity contribution in [2.24, 2.45) is 0 Å². The third-order valence-electron chi connectivity index (χ3n) is 11.9. The van der Waals surface area contributed by atoms with E-state index in [-0.39, 0.29) is 0 Å². The molecule has 244 valence electrons. The Hall–Kier alpha value is -6.90. The zero-order valence-corrected chi connectivity index (χ0v) is 28.7. The highest BCUT2D eigenvalue weighted by Gasteiger charge is 2.52. The van der Waals surface area contributed by atoms with Gasteiger partial charge in [-0.2, -0.15) is 0 Å². The molecule has 2 aliphatic rings. The first-order valence-electron chi connectivity index (χ1n) is 18.3. The molecule has 12 rings (SSSR count). The standard InChI is InChI=1S/C51H30N2/c1-2-11-36-29-45-42(28-35(36)10-1)48-40-16-4-3-13-37(40)41(30-46(48)51(45)43-17-7-5-14-38(43)39-15-6-8-18-44(39)51)31-19-21-32(22-20-31)47-26-25-34-24-23-33-12-9-27-52-49(33)50(34)53-47/h1-30H. The van der Waals surface area contributed by atoms with Crippen molar-refractivity contribution in [1.29, 1.82) is 0 Å². The normalized spacial score (nSPS) is 13.4. The summed E-state index contributed by atoms with van der Waals surface area (Å²) < 4.78 is 0. The lowest BCUT2D eigenvalue weighted by molar-refractivity contribution is 0.796. The fraction of sp³-hybridized carbons (Fsp3) is 0.0196.